The quantitative estimate of drug-likeness (QED) is 0.515. The topological polar surface area (TPSA) is 23.6 Å². The van der Waals surface area contributed by atoms with Crippen LogP contribution in [0.2, 0.25) is 0 Å². The number of carbonyl (C=O) groups excluding carboxylic acids is 1. The molecule has 1 unspecified atom stereocenters. The van der Waals surface area contributed by atoms with Crippen molar-refractivity contribution in [3.05, 3.63) is 65.2 Å². The molecule has 0 N–H and O–H groups in total. The highest BCUT2D eigenvalue weighted by molar-refractivity contribution is 5.94. The molecule has 0 bridgehead atoms. The Balaban J connectivity index is 1.73. The number of carbonyl (C=O) groups is 1. The molecule has 162 valence electrons. The summed E-state index contributed by atoms with van der Waals surface area (Å²) in [7, 11) is 2.10. The van der Waals surface area contributed by atoms with E-state index in [9.17, 15) is 13.6 Å². The Morgan fingerprint density at radius 3 is 2.53 bits per heavy atom. The Morgan fingerprint density at radius 1 is 1.07 bits per heavy atom. The highest BCUT2D eigenvalue weighted by Gasteiger charge is 2.27. The van der Waals surface area contributed by atoms with Crippen molar-refractivity contribution in [3.63, 3.8) is 0 Å². The van der Waals surface area contributed by atoms with E-state index >= 15 is 0 Å². The van der Waals surface area contributed by atoms with Gasteiger partial charge in [-0.1, -0.05) is 31.5 Å². The summed E-state index contributed by atoms with van der Waals surface area (Å²) in [5, 5.41) is 0. The Kier molecular flexibility index (Phi) is 7.97. The zero-order valence-electron chi connectivity index (χ0n) is 18.0. The first kappa shape index (κ1) is 22.4. The van der Waals surface area contributed by atoms with E-state index in [0.717, 1.165) is 56.3 Å². The highest BCUT2D eigenvalue weighted by atomic mass is 19.1. The van der Waals surface area contributed by atoms with Crippen molar-refractivity contribution in [2.24, 2.45) is 0 Å². The predicted molar refractivity (Wildman–Crippen MR) is 118 cm³/mol. The lowest BCUT2D eigenvalue weighted by Gasteiger charge is -2.24. The summed E-state index contributed by atoms with van der Waals surface area (Å²) in [6.45, 7) is 4.80. The van der Waals surface area contributed by atoms with E-state index in [1.165, 1.54) is 24.3 Å². The first-order valence-corrected chi connectivity index (χ1v) is 11.0. The zero-order valence-corrected chi connectivity index (χ0v) is 18.0. The van der Waals surface area contributed by atoms with Crippen molar-refractivity contribution in [1.82, 2.24) is 4.90 Å². The second-order valence-corrected chi connectivity index (χ2v) is 8.20. The normalized spacial score (nSPS) is 16.4. The molecule has 0 fully saturated rings. The molecule has 3 nitrogen and oxygen atoms in total. The molecule has 0 radical (unpaired) electrons. The smallest absolute Gasteiger partial charge is 0.226 e. The van der Waals surface area contributed by atoms with Crippen LogP contribution < -0.4 is 4.90 Å². The van der Waals surface area contributed by atoms with Gasteiger partial charge in [-0.3, -0.25) is 4.79 Å². The predicted octanol–water partition coefficient (Wildman–Crippen LogP) is 5.74. The van der Waals surface area contributed by atoms with Gasteiger partial charge >= 0.3 is 0 Å². The van der Waals surface area contributed by atoms with Crippen molar-refractivity contribution in [2.75, 3.05) is 31.6 Å². The summed E-state index contributed by atoms with van der Waals surface area (Å²) in [4.78, 5) is 17.0. The first-order chi connectivity index (χ1) is 14.5. The summed E-state index contributed by atoms with van der Waals surface area (Å²) >= 11 is 0. The van der Waals surface area contributed by atoms with Crippen molar-refractivity contribution >= 4 is 11.6 Å². The number of hydrogen-bond donors (Lipinski definition) is 0. The highest BCUT2D eigenvalue weighted by Crippen LogP contribution is 2.39. The molecule has 1 heterocycles. The zero-order chi connectivity index (χ0) is 21.5. The third-order valence-electron chi connectivity index (χ3n) is 6.08. The molecule has 0 aliphatic carbocycles. The van der Waals surface area contributed by atoms with Gasteiger partial charge < -0.3 is 9.80 Å². The molecule has 3 rings (SSSR count). The molecular formula is C25H32F2N2O. The van der Waals surface area contributed by atoms with Crippen LogP contribution in [0.3, 0.4) is 0 Å². The molecule has 2 aromatic carbocycles. The van der Waals surface area contributed by atoms with Gasteiger partial charge in [0.2, 0.25) is 5.91 Å². The molecule has 30 heavy (non-hydrogen) atoms. The molecule has 2 aromatic rings. The van der Waals surface area contributed by atoms with Crippen LogP contribution >= 0.6 is 0 Å². The molecular weight excluding hydrogens is 382 g/mol. The van der Waals surface area contributed by atoms with E-state index in [4.69, 9.17) is 0 Å². The molecule has 1 atom stereocenters. The standard InChI is InChI=1S/C25H32F2N2O/c1-3-28(2)16-6-4-5-9-25(30)29-17-7-8-22(19-10-12-20(26)13-11-19)23-15-14-21(27)18-24(23)29/h10-15,18,22H,3-9,16-17H2,1-2H3. The minimum absolute atomic E-state index is 0.0311. The van der Waals surface area contributed by atoms with Gasteiger partial charge in [-0.15, -0.1) is 0 Å². The lowest BCUT2D eigenvalue weighted by atomic mass is 9.87. The van der Waals surface area contributed by atoms with Crippen molar-refractivity contribution < 1.29 is 13.6 Å². The van der Waals surface area contributed by atoms with Crippen molar-refractivity contribution in [2.45, 2.75) is 51.4 Å². The molecule has 0 saturated heterocycles. The number of benzene rings is 2. The van der Waals surface area contributed by atoms with Gasteiger partial charge in [-0.2, -0.15) is 0 Å². The molecule has 0 saturated carbocycles. The van der Waals surface area contributed by atoms with Crippen LogP contribution in [0.1, 0.15) is 62.5 Å². The van der Waals surface area contributed by atoms with Crippen molar-refractivity contribution in [3.8, 4) is 0 Å². The summed E-state index contributed by atoms with van der Waals surface area (Å²) in [5.74, 6) is -0.517. The minimum atomic E-state index is -0.339. The molecule has 1 aliphatic rings. The van der Waals surface area contributed by atoms with Gasteiger partial charge in [-0.25, -0.2) is 8.78 Å². The summed E-state index contributed by atoms with van der Waals surface area (Å²) in [6.07, 6.45) is 5.09. The maximum absolute atomic E-state index is 14.1. The van der Waals surface area contributed by atoms with Crippen LogP contribution in [0, 0.1) is 11.6 Å². The van der Waals surface area contributed by atoms with Crippen LogP contribution in [0.25, 0.3) is 0 Å². The van der Waals surface area contributed by atoms with Crippen LogP contribution in [-0.4, -0.2) is 37.5 Å². The Bertz CT molecular complexity index is 838. The van der Waals surface area contributed by atoms with Gasteiger partial charge in [0.25, 0.3) is 0 Å². The lowest BCUT2D eigenvalue weighted by Crippen LogP contribution is -2.31. The molecule has 1 amide bonds. The number of rotatable bonds is 8. The third-order valence-corrected chi connectivity index (χ3v) is 6.08. The fourth-order valence-electron chi connectivity index (χ4n) is 4.20. The number of amides is 1. The molecule has 0 aromatic heterocycles. The van der Waals surface area contributed by atoms with E-state index in [1.807, 2.05) is 0 Å². The fraction of sp³-hybridized carbons (Fsp3) is 0.480. The molecule has 5 heteroatoms. The van der Waals surface area contributed by atoms with Gasteiger partial charge in [-0.05, 0) is 81.2 Å². The van der Waals surface area contributed by atoms with E-state index in [2.05, 4.69) is 18.9 Å². The Morgan fingerprint density at radius 2 is 1.80 bits per heavy atom. The number of anilines is 1. The number of halogens is 2. The van der Waals surface area contributed by atoms with E-state index in [-0.39, 0.29) is 23.5 Å². The van der Waals surface area contributed by atoms with E-state index in [1.54, 1.807) is 23.1 Å². The third kappa shape index (κ3) is 5.66. The fourth-order valence-corrected chi connectivity index (χ4v) is 4.20. The monoisotopic (exact) mass is 414 g/mol. The second kappa shape index (κ2) is 10.7. The molecule has 1 aliphatic heterocycles. The second-order valence-electron chi connectivity index (χ2n) is 8.20. The van der Waals surface area contributed by atoms with Crippen LogP contribution in [-0.2, 0) is 4.79 Å². The van der Waals surface area contributed by atoms with Gasteiger partial charge in [0, 0.05) is 18.9 Å². The van der Waals surface area contributed by atoms with Crippen LogP contribution in [0.5, 0.6) is 0 Å². The van der Waals surface area contributed by atoms with Gasteiger partial charge in [0.1, 0.15) is 11.6 Å². The minimum Gasteiger partial charge on any atom is -0.312 e. The summed E-state index contributed by atoms with van der Waals surface area (Å²) in [6, 6.07) is 11.2. The number of nitrogens with zero attached hydrogens (tertiary/aromatic N) is 2. The lowest BCUT2D eigenvalue weighted by molar-refractivity contribution is -0.118. The van der Waals surface area contributed by atoms with Crippen molar-refractivity contribution in [1.29, 1.82) is 0 Å². The summed E-state index contributed by atoms with van der Waals surface area (Å²) < 4.78 is 27.5. The van der Waals surface area contributed by atoms with Gasteiger partial charge in [0.05, 0.1) is 5.69 Å². The Hall–Kier alpha value is -2.27. The Labute approximate surface area is 178 Å². The average molecular weight is 415 g/mol. The average Bonchev–Trinajstić information content (AvgIpc) is 2.93. The van der Waals surface area contributed by atoms with Gasteiger partial charge in [0.15, 0.2) is 0 Å². The summed E-state index contributed by atoms with van der Waals surface area (Å²) in [5.41, 5.74) is 2.61. The molecule has 0 spiro atoms. The van der Waals surface area contributed by atoms with E-state index < -0.39 is 0 Å². The van der Waals surface area contributed by atoms with Crippen LogP contribution in [0.4, 0.5) is 14.5 Å². The van der Waals surface area contributed by atoms with Crippen LogP contribution in [0.15, 0.2) is 42.5 Å². The maximum atomic E-state index is 14.1. The number of hydrogen-bond acceptors (Lipinski definition) is 2. The van der Waals surface area contributed by atoms with E-state index in [0.29, 0.717) is 18.7 Å². The first-order valence-electron chi connectivity index (χ1n) is 11.0. The number of unbranched alkanes of at least 4 members (excludes halogenated alkanes) is 2. The SMILES string of the molecule is CCN(C)CCCCCC(=O)N1CCCC(c2ccc(F)cc2)c2ccc(F)cc21. The largest absolute Gasteiger partial charge is 0.312 e. The maximum Gasteiger partial charge on any atom is 0.226 e. The number of fused-ring (bicyclic) bond motifs is 1.